The third-order valence-electron chi connectivity index (χ3n) is 15.3. The Morgan fingerprint density at radius 3 is 1.35 bits per heavy atom. The summed E-state index contributed by atoms with van der Waals surface area (Å²) in [5, 5.41) is 13.9. The number of carbonyl (C=O) groups excluding carboxylic acids is 3. The van der Waals surface area contributed by atoms with Gasteiger partial charge in [-0.05, 0) is 226 Å². The lowest BCUT2D eigenvalue weighted by molar-refractivity contribution is -0.122. The molecule has 19 heteroatoms. The molecule has 6 heterocycles. The van der Waals surface area contributed by atoms with Gasteiger partial charge in [0.2, 0.25) is 5.95 Å². The average molecular weight is 1470 g/mol. The van der Waals surface area contributed by atoms with Crippen molar-refractivity contribution in [1.29, 1.82) is 0 Å². The SMILES string of the molecule is C#Cc1ccn(C(C)(C)C)n1.C#Cc1ncc(C(C)(C)C)s1.C#Cc1nccn1C(C)(C)C.C=CC(=O)C(C)(C)C.C=CS(=O)(=O)C(C)(C)C.C=Cc1ccn(C(C)(C)C)n1.C=Cc1nccn1C(C)(C)C.CC(C)(C)C1CC=CC(=O)C1.CC(C)(C)C1CCC=CC1=O.CC(C)(C)n1ccc(F)n1. The van der Waals surface area contributed by atoms with Crippen molar-refractivity contribution >= 4 is 50.7 Å². The van der Waals surface area contributed by atoms with Crippen molar-refractivity contribution in [1.82, 2.24) is 53.4 Å². The highest BCUT2D eigenvalue weighted by Gasteiger charge is 2.31. The Balaban J connectivity index is 0. The Morgan fingerprint density at radius 2 is 1.09 bits per heavy atom. The van der Waals surface area contributed by atoms with Crippen molar-refractivity contribution in [3.63, 3.8) is 0 Å². The molecule has 0 aliphatic heterocycles. The standard InChI is InChI=1S/2C10H16O.C9H14N2.C9H12N2.C9H14N2.C9H12N2.C9H11NS.C7H11FN2.C7H12O.C6H12O2S/c1-10(2,3)8-5-4-6-9(11)7-8;1-10(2,3)8-6-4-5-7-9(8)11;2*1-5-8-10-6-7-11(8)9(2,3)4;2*1-5-8-6-7-11(10-8)9(2,3)4;1-5-8-10-6-7(11-8)9(2,3)4;1-7(2,3)10-5-4-6(8)9-10;1-5-6(8)7(2,3)4;1-5-9(7,8)6(2,3)4/h4,6,8H,5,7H2,1-3H3;5,7-8H,4,6H2,1-3H3;5-7H,1H2,2-4H3;1,6-7H,2-4H3;5-7H,1H2,2-4H3;1,6-7H,2-4H3;1,6H,2-4H3;4-5H,1-3H3;5H,1H2,2-4H3;5H,1H2,2-4H3. The highest BCUT2D eigenvalue weighted by atomic mass is 32.2. The molecule has 0 N–H and O–H groups in total. The lowest BCUT2D eigenvalue weighted by Gasteiger charge is -2.30. The van der Waals surface area contributed by atoms with Crippen molar-refractivity contribution in [2.45, 2.75) is 271 Å². The zero-order valence-corrected chi connectivity index (χ0v) is 70.8. The molecule has 6 aromatic rings. The van der Waals surface area contributed by atoms with Crippen LogP contribution < -0.4 is 0 Å². The monoisotopic (exact) mass is 1470 g/mol. The van der Waals surface area contributed by atoms with Crippen molar-refractivity contribution in [3.8, 4) is 37.0 Å². The number of thiazole rings is 1. The van der Waals surface area contributed by atoms with Crippen LogP contribution in [0.4, 0.5) is 4.39 Å². The lowest BCUT2D eigenvalue weighted by Crippen LogP contribution is -2.28. The molecule has 6 aromatic heterocycles. The molecule has 0 fully saturated rings. The molecule has 574 valence electrons. The number of aromatic nitrogens is 11. The van der Waals surface area contributed by atoms with E-state index < -0.39 is 20.5 Å². The second kappa shape index (κ2) is 41.4. The van der Waals surface area contributed by atoms with E-state index in [1.807, 2.05) is 111 Å². The van der Waals surface area contributed by atoms with Crippen LogP contribution in [0.1, 0.15) is 266 Å². The van der Waals surface area contributed by atoms with Crippen LogP contribution in [-0.2, 0) is 57.3 Å². The molecule has 16 nitrogen and oxygen atoms in total. The number of carbonyl (C=O) groups is 3. The summed E-state index contributed by atoms with van der Waals surface area (Å²) in [6.45, 7) is 75.2. The quantitative estimate of drug-likeness (QED) is 0.121. The predicted molar refractivity (Wildman–Crippen MR) is 437 cm³/mol. The van der Waals surface area contributed by atoms with Crippen molar-refractivity contribution in [3.05, 3.63) is 169 Å². The third-order valence-corrected chi connectivity index (χ3v) is 18.8. The molecular weight excluding hydrogens is 1340 g/mol. The zero-order chi connectivity index (χ0) is 81.6. The van der Waals surface area contributed by atoms with Crippen molar-refractivity contribution < 1.29 is 27.2 Å². The number of hydrogen-bond acceptors (Lipinski definition) is 12. The van der Waals surface area contributed by atoms with Gasteiger partial charge in [-0.3, -0.25) is 28.4 Å². The number of rotatable bonds is 4. The molecule has 0 aromatic carbocycles. The molecule has 0 radical (unpaired) electrons. The third kappa shape index (κ3) is 37.4. The molecular formula is C85H130FN11O5S2. The minimum atomic E-state index is -3.07. The first-order valence-corrected chi connectivity index (χ1v) is 37.4. The van der Waals surface area contributed by atoms with Crippen LogP contribution in [0.2, 0.25) is 0 Å². The number of terminal acetylenes is 3. The number of halogens is 1. The molecule has 0 amide bonds. The zero-order valence-electron chi connectivity index (χ0n) is 69.2. The number of allylic oxidation sites excluding steroid dienone is 5. The molecule has 2 aliphatic carbocycles. The van der Waals surface area contributed by atoms with Gasteiger partial charge in [0.05, 0.1) is 27.1 Å². The van der Waals surface area contributed by atoms with E-state index in [0.29, 0.717) is 23.2 Å². The largest absolute Gasteiger partial charge is 0.326 e. The summed E-state index contributed by atoms with van der Waals surface area (Å²) in [5.41, 5.74) is 2.07. The Labute approximate surface area is 632 Å². The van der Waals surface area contributed by atoms with E-state index in [1.165, 1.54) is 17.0 Å². The van der Waals surface area contributed by atoms with Crippen LogP contribution >= 0.6 is 11.3 Å². The topological polar surface area (TPSA) is 187 Å². The first-order valence-electron chi connectivity index (χ1n) is 35.0. The fourth-order valence-corrected chi connectivity index (χ4v) is 9.78. The van der Waals surface area contributed by atoms with Crippen molar-refractivity contribution in [2.75, 3.05) is 0 Å². The molecule has 2 aliphatic rings. The number of nitrogens with zero attached hydrogens (tertiary/aromatic N) is 11. The molecule has 0 saturated carbocycles. The van der Waals surface area contributed by atoms with Crippen LogP contribution in [0, 0.1) is 71.1 Å². The lowest BCUT2D eigenvalue weighted by atomic mass is 9.74. The number of ketones is 3. The van der Waals surface area contributed by atoms with E-state index in [4.69, 9.17) is 19.3 Å². The summed E-state index contributed by atoms with van der Waals surface area (Å²) < 4.78 is 42.9. The maximum absolute atomic E-state index is 12.3. The molecule has 8 rings (SSSR count). The van der Waals surface area contributed by atoms with Gasteiger partial charge < -0.3 is 9.13 Å². The molecule has 0 saturated heterocycles. The van der Waals surface area contributed by atoms with Gasteiger partial charge >= 0.3 is 0 Å². The first kappa shape index (κ1) is 97.7. The van der Waals surface area contributed by atoms with Gasteiger partial charge in [-0.25, -0.2) is 23.4 Å². The van der Waals surface area contributed by atoms with Crippen LogP contribution in [-0.4, -0.2) is 83.9 Å². The van der Waals surface area contributed by atoms with E-state index in [9.17, 15) is 27.2 Å². The van der Waals surface area contributed by atoms with Crippen LogP contribution in [0.3, 0.4) is 0 Å². The minimum Gasteiger partial charge on any atom is -0.326 e. The Hall–Kier alpha value is -8.31. The summed E-state index contributed by atoms with van der Waals surface area (Å²) in [4.78, 5) is 46.6. The fraction of sp³-hybridized carbons (Fsp3) is 0.541. The predicted octanol–water partition coefficient (Wildman–Crippen LogP) is 20.3. The van der Waals surface area contributed by atoms with Gasteiger partial charge in [0.15, 0.2) is 38.0 Å². The van der Waals surface area contributed by atoms with Gasteiger partial charge in [-0.1, -0.05) is 122 Å². The van der Waals surface area contributed by atoms with E-state index in [0.717, 1.165) is 47.6 Å². The maximum atomic E-state index is 12.3. The Morgan fingerprint density at radius 1 is 0.587 bits per heavy atom. The summed E-state index contributed by atoms with van der Waals surface area (Å²) in [6, 6.07) is 5.15. The Bertz CT molecular complexity index is 3910. The van der Waals surface area contributed by atoms with Crippen LogP contribution in [0.5, 0.6) is 0 Å². The van der Waals surface area contributed by atoms with E-state index in [2.05, 4.69) is 224 Å². The highest BCUT2D eigenvalue weighted by Crippen LogP contribution is 2.35. The van der Waals surface area contributed by atoms with Gasteiger partial charge in [0, 0.05) is 94.8 Å². The summed E-state index contributed by atoms with van der Waals surface area (Å²) >= 11 is 1.59. The molecule has 0 spiro atoms. The second-order valence-electron chi connectivity index (χ2n) is 35.0. The second-order valence-corrected chi connectivity index (χ2v) is 38.7. The summed E-state index contributed by atoms with van der Waals surface area (Å²) in [6.07, 6.45) is 46.6. The summed E-state index contributed by atoms with van der Waals surface area (Å²) in [7, 11) is -3.07. The van der Waals surface area contributed by atoms with Crippen LogP contribution in [0.25, 0.3) is 12.2 Å². The molecule has 0 bridgehead atoms. The van der Waals surface area contributed by atoms with Gasteiger partial charge in [0.25, 0.3) is 0 Å². The van der Waals surface area contributed by atoms with Gasteiger partial charge in [-0.2, -0.15) is 14.6 Å². The van der Waals surface area contributed by atoms with Crippen LogP contribution in [0.15, 0.2) is 130 Å². The molecule has 2 unspecified atom stereocenters. The molecule has 104 heavy (non-hydrogen) atoms. The van der Waals surface area contributed by atoms with E-state index >= 15 is 0 Å². The normalized spacial score (nSPS) is 14.5. The minimum absolute atomic E-state index is 0.0229. The first-order chi connectivity index (χ1) is 47.0. The number of hydrogen-bond donors (Lipinski definition) is 0. The van der Waals surface area contributed by atoms with Gasteiger partial charge in [-0.15, -0.1) is 35.7 Å². The van der Waals surface area contributed by atoms with E-state index in [1.54, 1.807) is 79.7 Å². The fourth-order valence-electron chi connectivity index (χ4n) is 8.50. The van der Waals surface area contributed by atoms with Gasteiger partial charge in [0.1, 0.15) is 11.5 Å². The van der Waals surface area contributed by atoms with Crippen molar-refractivity contribution in [2.24, 2.45) is 28.1 Å². The average Bonchev–Trinajstić information content (AvgIpc) is 1.12. The Kier molecular flexibility index (Phi) is 38.9. The maximum Gasteiger partial charge on any atom is 0.232 e. The summed E-state index contributed by atoms with van der Waals surface area (Å²) in [5.74, 6) is 10.2. The van der Waals surface area contributed by atoms with E-state index in [-0.39, 0.29) is 66.8 Å². The smallest absolute Gasteiger partial charge is 0.232 e. The highest BCUT2D eigenvalue weighted by molar-refractivity contribution is 7.95. The number of sulfone groups is 1. The number of imidazole rings is 2. The molecule has 2 atom stereocenters.